The molecule has 1 aliphatic heterocycles. The van der Waals surface area contributed by atoms with Crippen LogP contribution >= 0.6 is 0 Å². The molecule has 2 fully saturated rings. The summed E-state index contributed by atoms with van der Waals surface area (Å²) >= 11 is 0. The maximum Gasteiger partial charge on any atom is 0.146 e. The fourth-order valence-corrected chi connectivity index (χ4v) is 4.63. The lowest BCUT2D eigenvalue weighted by atomic mass is 10.0. The molecule has 0 bridgehead atoms. The van der Waals surface area contributed by atoms with Gasteiger partial charge in [0, 0.05) is 48.2 Å². The first-order chi connectivity index (χ1) is 14.5. The summed E-state index contributed by atoms with van der Waals surface area (Å²) < 4.78 is 9.44. The Morgan fingerprint density at radius 1 is 1.27 bits per heavy atom. The first-order valence-electron chi connectivity index (χ1n) is 10.5. The Kier molecular flexibility index (Phi) is 4.53. The third-order valence-electron chi connectivity index (χ3n) is 6.61. The molecular weight excluding hydrogens is 378 g/mol. The first kappa shape index (κ1) is 19.1. The number of piperidine rings is 1. The molecule has 1 saturated heterocycles. The lowest BCUT2D eigenvalue weighted by Gasteiger charge is -2.34. The smallest absolute Gasteiger partial charge is 0.146 e. The van der Waals surface area contributed by atoms with E-state index in [1.807, 2.05) is 18.5 Å². The highest BCUT2D eigenvalue weighted by Crippen LogP contribution is 2.36. The Bertz CT molecular complexity index is 1130. The van der Waals surface area contributed by atoms with Crippen LogP contribution in [0.2, 0.25) is 0 Å². The van der Waals surface area contributed by atoms with Gasteiger partial charge in [-0.3, -0.25) is 4.68 Å². The van der Waals surface area contributed by atoms with Crippen molar-refractivity contribution in [3.05, 3.63) is 35.9 Å². The maximum absolute atomic E-state index is 9.32. The molecule has 0 spiro atoms. The molecule has 0 unspecified atom stereocenters. The van der Waals surface area contributed by atoms with Crippen molar-refractivity contribution in [1.82, 2.24) is 24.3 Å². The Morgan fingerprint density at radius 3 is 2.70 bits per heavy atom. The van der Waals surface area contributed by atoms with E-state index in [-0.39, 0.29) is 5.54 Å². The molecule has 8 nitrogen and oxygen atoms in total. The maximum atomic E-state index is 9.32. The average Bonchev–Trinajstić information content (AvgIpc) is 3.16. The van der Waals surface area contributed by atoms with Gasteiger partial charge < -0.3 is 15.4 Å². The van der Waals surface area contributed by atoms with Crippen LogP contribution in [0.5, 0.6) is 5.75 Å². The molecule has 4 heterocycles. The van der Waals surface area contributed by atoms with E-state index >= 15 is 0 Å². The van der Waals surface area contributed by atoms with Crippen molar-refractivity contribution in [3.63, 3.8) is 0 Å². The van der Waals surface area contributed by atoms with E-state index in [1.54, 1.807) is 17.8 Å². The lowest BCUT2D eigenvalue weighted by Crippen LogP contribution is -2.43. The lowest BCUT2D eigenvalue weighted by molar-refractivity contribution is 0.167. The number of nitriles is 1. The highest BCUT2D eigenvalue weighted by molar-refractivity contribution is 5.75. The van der Waals surface area contributed by atoms with Crippen LogP contribution in [-0.2, 0) is 0 Å². The fourth-order valence-electron chi connectivity index (χ4n) is 4.63. The van der Waals surface area contributed by atoms with Crippen LogP contribution in [-0.4, -0.2) is 56.6 Å². The van der Waals surface area contributed by atoms with E-state index in [9.17, 15) is 5.26 Å². The molecular formula is C22H27N7O. The summed E-state index contributed by atoms with van der Waals surface area (Å²) in [5.41, 5.74) is 10.7. The third kappa shape index (κ3) is 3.24. The van der Waals surface area contributed by atoms with Gasteiger partial charge in [0.1, 0.15) is 22.9 Å². The molecule has 5 rings (SSSR count). The highest BCUT2D eigenvalue weighted by Gasteiger charge is 2.40. The molecule has 1 aliphatic carbocycles. The summed E-state index contributed by atoms with van der Waals surface area (Å²) in [6, 6.07) is 4.54. The van der Waals surface area contributed by atoms with Crippen LogP contribution in [0.25, 0.3) is 16.6 Å². The van der Waals surface area contributed by atoms with Crippen molar-refractivity contribution in [2.24, 2.45) is 5.73 Å². The predicted molar refractivity (Wildman–Crippen MR) is 113 cm³/mol. The van der Waals surface area contributed by atoms with E-state index < -0.39 is 0 Å². The molecule has 2 aliphatic rings. The number of nitrogens with zero attached hydrogens (tertiary/aromatic N) is 6. The van der Waals surface area contributed by atoms with Crippen molar-refractivity contribution < 1.29 is 4.74 Å². The minimum atomic E-state index is 0.0806. The van der Waals surface area contributed by atoms with E-state index in [4.69, 9.17) is 15.6 Å². The monoisotopic (exact) mass is 405 g/mol. The van der Waals surface area contributed by atoms with Crippen LogP contribution in [0.3, 0.4) is 0 Å². The zero-order chi connectivity index (χ0) is 20.9. The standard InChI is InChI=1S/C22H27N7O/c1-15-19(16-9-20(30-2)21-17(10-23)11-25-28(21)13-16)12-26-29(15)18-3-7-27(8-4-18)14-22(24)5-6-22/h9,11-13,18H,3-8,14,24H2,1-2H3. The van der Waals surface area contributed by atoms with Crippen LogP contribution in [0.4, 0.5) is 0 Å². The molecule has 3 aromatic rings. The number of hydrogen-bond donors (Lipinski definition) is 1. The molecule has 2 N–H and O–H groups in total. The van der Waals surface area contributed by atoms with Gasteiger partial charge in [0.2, 0.25) is 0 Å². The number of ether oxygens (including phenoxy) is 1. The van der Waals surface area contributed by atoms with Gasteiger partial charge in [0.25, 0.3) is 0 Å². The van der Waals surface area contributed by atoms with E-state index in [2.05, 4.69) is 27.7 Å². The van der Waals surface area contributed by atoms with Crippen LogP contribution in [0, 0.1) is 18.3 Å². The van der Waals surface area contributed by atoms with Gasteiger partial charge in [0.15, 0.2) is 0 Å². The predicted octanol–water partition coefficient (Wildman–Crippen LogP) is 2.51. The van der Waals surface area contributed by atoms with Crippen molar-refractivity contribution in [2.75, 3.05) is 26.7 Å². The molecule has 1 saturated carbocycles. The Labute approximate surface area is 175 Å². The number of aromatic nitrogens is 4. The van der Waals surface area contributed by atoms with Gasteiger partial charge in [-0.15, -0.1) is 0 Å². The SMILES string of the molecule is COc1cc(-c2cnn(C3CCN(CC4(N)CC4)CC3)c2C)cn2ncc(C#N)c12. The quantitative estimate of drug-likeness (QED) is 0.700. The number of methoxy groups -OCH3 is 1. The molecule has 0 amide bonds. The zero-order valence-corrected chi connectivity index (χ0v) is 17.5. The molecule has 156 valence electrons. The summed E-state index contributed by atoms with van der Waals surface area (Å²) in [6.45, 7) is 5.29. The second-order valence-electron chi connectivity index (χ2n) is 8.72. The van der Waals surface area contributed by atoms with E-state index in [0.29, 0.717) is 22.9 Å². The molecule has 30 heavy (non-hydrogen) atoms. The van der Waals surface area contributed by atoms with E-state index in [0.717, 1.165) is 62.1 Å². The molecule has 0 radical (unpaired) electrons. The average molecular weight is 406 g/mol. The number of rotatable bonds is 5. The van der Waals surface area contributed by atoms with E-state index in [1.165, 1.54) is 0 Å². The molecule has 3 aromatic heterocycles. The normalized spacial score (nSPS) is 19.1. The first-order valence-corrected chi connectivity index (χ1v) is 10.5. The van der Waals surface area contributed by atoms with Crippen molar-refractivity contribution in [3.8, 4) is 22.9 Å². The minimum absolute atomic E-state index is 0.0806. The van der Waals surface area contributed by atoms with Gasteiger partial charge in [-0.2, -0.15) is 15.5 Å². The number of nitrogens with two attached hydrogens (primary N) is 1. The van der Waals surface area contributed by atoms with Crippen LogP contribution < -0.4 is 10.5 Å². The molecule has 0 atom stereocenters. The van der Waals surface area contributed by atoms with Crippen LogP contribution in [0.15, 0.2) is 24.7 Å². The summed E-state index contributed by atoms with van der Waals surface area (Å²) in [5.74, 6) is 0.637. The second kappa shape index (κ2) is 7.11. The second-order valence-corrected chi connectivity index (χ2v) is 8.72. The van der Waals surface area contributed by atoms with Gasteiger partial charge >= 0.3 is 0 Å². The highest BCUT2D eigenvalue weighted by atomic mass is 16.5. The number of pyridine rings is 1. The van der Waals surface area contributed by atoms with Gasteiger partial charge in [0.05, 0.1) is 25.5 Å². The minimum Gasteiger partial charge on any atom is -0.494 e. The number of fused-ring (bicyclic) bond motifs is 1. The third-order valence-corrected chi connectivity index (χ3v) is 6.61. The topological polar surface area (TPSA) is 97.4 Å². The van der Waals surface area contributed by atoms with Crippen molar-refractivity contribution >= 4 is 5.52 Å². The molecule has 8 heteroatoms. The Morgan fingerprint density at radius 2 is 2.03 bits per heavy atom. The van der Waals surface area contributed by atoms with Gasteiger partial charge in [-0.25, -0.2) is 4.52 Å². The molecule has 0 aromatic carbocycles. The Balaban J connectivity index is 1.39. The fraction of sp³-hybridized carbons (Fsp3) is 0.500. The van der Waals surface area contributed by atoms with Crippen LogP contribution in [0.1, 0.15) is 43.0 Å². The zero-order valence-electron chi connectivity index (χ0n) is 17.5. The summed E-state index contributed by atoms with van der Waals surface area (Å²) in [6.07, 6.45) is 9.93. The Hall–Kier alpha value is -2.89. The summed E-state index contributed by atoms with van der Waals surface area (Å²) in [4.78, 5) is 2.51. The summed E-state index contributed by atoms with van der Waals surface area (Å²) in [7, 11) is 1.62. The summed E-state index contributed by atoms with van der Waals surface area (Å²) in [5, 5.41) is 18.4. The van der Waals surface area contributed by atoms with Crippen molar-refractivity contribution in [1.29, 1.82) is 5.26 Å². The number of hydrogen-bond acceptors (Lipinski definition) is 6. The van der Waals surface area contributed by atoms with Gasteiger partial charge in [-0.1, -0.05) is 0 Å². The largest absolute Gasteiger partial charge is 0.494 e. The number of likely N-dealkylation sites (tertiary alicyclic amines) is 1. The van der Waals surface area contributed by atoms with Gasteiger partial charge in [-0.05, 0) is 38.7 Å². The van der Waals surface area contributed by atoms with Crippen molar-refractivity contribution in [2.45, 2.75) is 44.2 Å².